The lowest BCUT2D eigenvalue weighted by Crippen LogP contribution is -2.39. The number of aliphatic imine (C=N–C) groups is 1. The van der Waals surface area contributed by atoms with Crippen molar-refractivity contribution >= 4 is 28.9 Å². The van der Waals surface area contributed by atoms with Crippen LogP contribution in [0.4, 0.5) is 17.1 Å². The van der Waals surface area contributed by atoms with E-state index in [1.165, 1.54) is 6.07 Å². The van der Waals surface area contributed by atoms with Gasteiger partial charge in [0.25, 0.3) is 5.69 Å². The van der Waals surface area contributed by atoms with Crippen LogP contribution >= 0.6 is 0 Å². The van der Waals surface area contributed by atoms with E-state index >= 15 is 0 Å². The summed E-state index contributed by atoms with van der Waals surface area (Å²) >= 11 is 0. The van der Waals surface area contributed by atoms with Crippen molar-refractivity contribution in [1.82, 2.24) is 10.6 Å². The Bertz CT molecular complexity index is 929. The highest BCUT2D eigenvalue weighted by Crippen LogP contribution is 2.23. The van der Waals surface area contributed by atoms with Crippen LogP contribution in [0.5, 0.6) is 0 Å². The second kappa shape index (κ2) is 11.0. The first kappa shape index (κ1) is 22.1. The van der Waals surface area contributed by atoms with Gasteiger partial charge in [-0.15, -0.1) is 0 Å². The van der Waals surface area contributed by atoms with Gasteiger partial charge in [-0.1, -0.05) is 24.3 Å². The van der Waals surface area contributed by atoms with Crippen LogP contribution in [0.1, 0.15) is 25.3 Å². The molecule has 0 saturated carbocycles. The molecule has 0 spiro atoms. The van der Waals surface area contributed by atoms with Crippen LogP contribution in [-0.4, -0.2) is 43.0 Å². The second-order valence-electron chi connectivity index (χ2n) is 7.14. The summed E-state index contributed by atoms with van der Waals surface area (Å²) in [4.78, 5) is 29.0. The van der Waals surface area contributed by atoms with E-state index in [9.17, 15) is 14.9 Å². The first-order valence-corrected chi connectivity index (χ1v) is 10.5. The van der Waals surface area contributed by atoms with E-state index in [0.717, 1.165) is 30.8 Å². The molecule has 1 heterocycles. The molecule has 9 nitrogen and oxygen atoms in total. The smallest absolute Gasteiger partial charge is 0.292 e. The Balaban J connectivity index is 1.51. The molecule has 0 bridgehead atoms. The van der Waals surface area contributed by atoms with E-state index in [4.69, 9.17) is 0 Å². The molecule has 0 aliphatic carbocycles. The van der Waals surface area contributed by atoms with E-state index in [-0.39, 0.29) is 11.6 Å². The van der Waals surface area contributed by atoms with Gasteiger partial charge in [0.1, 0.15) is 5.69 Å². The van der Waals surface area contributed by atoms with Crippen LogP contribution in [0.15, 0.2) is 53.5 Å². The highest BCUT2D eigenvalue weighted by atomic mass is 16.6. The summed E-state index contributed by atoms with van der Waals surface area (Å²) in [6, 6.07) is 14.5. The lowest BCUT2D eigenvalue weighted by atomic mass is 10.2. The number of anilines is 2. The standard InChI is InChI=1S/C22H28N6O3/c1-2-23-22(25-14-13-24-19-6-3-4-7-20(19)28(30)31)26-16-17-9-11-18(12-10-17)27-15-5-8-21(27)29/h3-4,6-7,9-12,24H,2,5,8,13-16H2,1H3,(H2,23,25,26). The fourth-order valence-electron chi connectivity index (χ4n) is 3.37. The van der Waals surface area contributed by atoms with E-state index in [0.29, 0.717) is 37.7 Å². The predicted molar refractivity (Wildman–Crippen MR) is 122 cm³/mol. The summed E-state index contributed by atoms with van der Waals surface area (Å²) in [5.74, 6) is 0.851. The number of hydrogen-bond acceptors (Lipinski definition) is 5. The van der Waals surface area contributed by atoms with Crippen molar-refractivity contribution in [3.8, 4) is 0 Å². The number of nitro benzene ring substituents is 1. The summed E-state index contributed by atoms with van der Waals surface area (Å²) in [6.45, 7) is 5.05. The summed E-state index contributed by atoms with van der Waals surface area (Å²) in [7, 11) is 0. The molecule has 0 unspecified atom stereocenters. The number of guanidine groups is 1. The van der Waals surface area contributed by atoms with Gasteiger partial charge in [0.05, 0.1) is 11.5 Å². The van der Waals surface area contributed by atoms with Gasteiger partial charge in [0.2, 0.25) is 5.91 Å². The lowest BCUT2D eigenvalue weighted by Gasteiger charge is -2.16. The number of nitrogens with zero attached hydrogens (tertiary/aromatic N) is 3. The van der Waals surface area contributed by atoms with Gasteiger partial charge in [-0.3, -0.25) is 14.9 Å². The first-order valence-electron chi connectivity index (χ1n) is 10.5. The van der Waals surface area contributed by atoms with Crippen molar-refractivity contribution in [2.75, 3.05) is 36.4 Å². The molecule has 0 radical (unpaired) electrons. The van der Waals surface area contributed by atoms with Crippen molar-refractivity contribution in [1.29, 1.82) is 0 Å². The third-order valence-electron chi connectivity index (χ3n) is 4.92. The monoisotopic (exact) mass is 424 g/mol. The zero-order valence-corrected chi connectivity index (χ0v) is 17.6. The fraction of sp³-hybridized carbons (Fsp3) is 0.364. The molecule has 3 rings (SSSR count). The maximum atomic E-state index is 11.9. The molecule has 1 fully saturated rings. The predicted octanol–water partition coefficient (Wildman–Crippen LogP) is 2.89. The molecule has 3 N–H and O–H groups in total. The zero-order chi connectivity index (χ0) is 22.1. The fourth-order valence-corrected chi connectivity index (χ4v) is 3.37. The Kier molecular flexibility index (Phi) is 7.80. The highest BCUT2D eigenvalue weighted by molar-refractivity contribution is 5.95. The number of carbonyl (C=O) groups is 1. The van der Waals surface area contributed by atoms with E-state index in [2.05, 4.69) is 20.9 Å². The van der Waals surface area contributed by atoms with Gasteiger partial charge in [0.15, 0.2) is 5.96 Å². The molecule has 1 amide bonds. The summed E-state index contributed by atoms with van der Waals surface area (Å²) < 4.78 is 0. The third-order valence-corrected chi connectivity index (χ3v) is 4.92. The van der Waals surface area contributed by atoms with Gasteiger partial charge in [0, 0.05) is 44.4 Å². The number of para-hydroxylation sites is 2. The Morgan fingerprint density at radius 2 is 1.90 bits per heavy atom. The number of rotatable bonds is 9. The molecule has 9 heteroatoms. The van der Waals surface area contributed by atoms with Gasteiger partial charge >= 0.3 is 0 Å². The molecule has 0 atom stereocenters. The van der Waals surface area contributed by atoms with Crippen LogP contribution < -0.4 is 20.9 Å². The van der Waals surface area contributed by atoms with Gasteiger partial charge in [-0.2, -0.15) is 0 Å². The normalized spacial score (nSPS) is 13.9. The Morgan fingerprint density at radius 1 is 1.13 bits per heavy atom. The minimum Gasteiger partial charge on any atom is -0.378 e. The van der Waals surface area contributed by atoms with Crippen molar-refractivity contribution < 1.29 is 9.72 Å². The van der Waals surface area contributed by atoms with Gasteiger partial charge in [-0.05, 0) is 37.1 Å². The number of nitro groups is 1. The molecule has 2 aromatic carbocycles. The number of benzene rings is 2. The first-order chi connectivity index (χ1) is 15.1. The van der Waals surface area contributed by atoms with Crippen LogP contribution in [0, 0.1) is 10.1 Å². The van der Waals surface area contributed by atoms with Crippen molar-refractivity contribution in [3.05, 3.63) is 64.2 Å². The zero-order valence-electron chi connectivity index (χ0n) is 17.6. The molecule has 0 aromatic heterocycles. The van der Waals surface area contributed by atoms with Crippen LogP contribution in [0.25, 0.3) is 0 Å². The molecule has 1 aliphatic rings. The largest absolute Gasteiger partial charge is 0.378 e. The van der Waals surface area contributed by atoms with Crippen LogP contribution in [0.2, 0.25) is 0 Å². The topological polar surface area (TPSA) is 112 Å². The third kappa shape index (κ3) is 6.18. The molecule has 2 aromatic rings. The Morgan fingerprint density at radius 3 is 2.58 bits per heavy atom. The van der Waals surface area contributed by atoms with Crippen LogP contribution in [0.3, 0.4) is 0 Å². The number of hydrogen-bond donors (Lipinski definition) is 3. The van der Waals surface area contributed by atoms with Gasteiger partial charge in [-0.25, -0.2) is 4.99 Å². The van der Waals surface area contributed by atoms with Crippen molar-refractivity contribution in [2.45, 2.75) is 26.3 Å². The van der Waals surface area contributed by atoms with E-state index in [1.807, 2.05) is 36.1 Å². The molecule has 1 saturated heterocycles. The molecular weight excluding hydrogens is 396 g/mol. The number of nitrogens with one attached hydrogen (secondary N) is 3. The second-order valence-corrected chi connectivity index (χ2v) is 7.14. The summed E-state index contributed by atoms with van der Waals surface area (Å²) in [6.07, 6.45) is 1.53. The van der Waals surface area contributed by atoms with Crippen LogP contribution in [-0.2, 0) is 11.3 Å². The minimum atomic E-state index is -0.397. The quantitative estimate of drug-likeness (QED) is 0.188. The Hall–Kier alpha value is -3.62. The molecule has 164 valence electrons. The molecule has 31 heavy (non-hydrogen) atoms. The van der Waals surface area contributed by atoms with E-state index < -0.39 is 4.92 Å². The van der Waals surface area contributed by atoms with Crippen molar-refractivity contribution in [3.63, 3.8) is 0 Å². The highest BCUT2D eigenvalue weighted by Gasteiger charge is 2.21. The number of amides is 1. The number of carbonyl (C=O) groups excluding carboxylic acids is 1. The maximum Gasteiger partial charge on any atom is 0.292 e. The van der Waals surface area contributed by atoms with E-state index in [1.54, 1.807) is 18.2 Å². The minimum absolute atomic E-state index is 0.0575. The summed E-state index contributed by atoms with van der Waals surface area (Å²) in [5.41, 5.74) is 2.53. The summed E-state index contributed by atoms with van der Waals surface area (Å²) in [5, 5.41) is 20.6. The average Bonchev–Trinajstić information content (AvgIpc) is 3.21. The molecule has 1 aliphatic heterocycles. The lowest BCUT2D eigenvalue weighted by molar-refractivity contribution is -0.384. The van der Waals surface area contributed by atoms with Crippen molar-refractivity contribution in [2.24, 2.45) is 4.99 Å². The SMILES string of the molecule is CCNC(=NCc1ccc(N2CCCC2=O)cc1)NCCNc1ccccc1[N+](=O)[O-]. The van der Waals surface area contributed by atoms with Gasteiger partial charge < -0.3 is 20.9 Å². The maximum absolute atomic E-state index is 11.9. The molecular formula is C22H28N6O3. The average molecular weight is 425 g/mol. The Labute approximate surface area is 181 Å².